The SMILES string of the molecule is O=S(=O)(NCCSc1nnc(-c2ccc(Cl)cc2)n1Cc1ccco1)c1ccccc1. The molecule has 0 bridgehead atoms. The zero-order valence-electron chi connectivity index (χ0n) is 16.3. The maximum Gasteiger partial charge on any atom is 0.240 e. The van der Waals surface area contributed by atoms with Gasteiger partial charge in [0.2, 0.25) is 10.0 Å². The molecule has 0 amide bonds. The highest BCUT2D eigenvalue weighted by Crippen LogP contribution is 2.26. The number of sulfonamides is 1. The lowest BCUT2D eigenvalue weighted by atomic mass is 10.2. The number of furan rings is 1. The Morgan fingerprint density at radius 3 is 2.48 bits per heavy atom. The molecule has 0 spiro atoms. The predicted molar refractivity (Wildman–Crippen MR) is 121 cm³/mol. The van der Waals surface area contributed by atoms with Gasteiger partial charge in [-0.25, -0.2) is 13.1 Å². The van der Waals surface area contributed by atoms with Gasteiger partial charge >= 0.3 is 0 Å². The van der Waals surface area contributed by atoms with Crippen LogP contribution in [0.25, 0.3) is 11.4 Å². The Bertz CT molecular complexity index is 1230. The van der Waals surface area contributed by atoms with Crippen molar-refractivity contribution in [1.82, 2.24) is 19.5 Å². The van der Waals surface area contributed by atoms with Gasteiger partial charge in [0.25, 0.3) is 0 Å². The van der Waals surface area contributed by atoms with Crippen molar-refractivity contribution in [3.05, 3.63) is 83.8 Å². The summed E-state index contributed by atoms with van der Waals surface area (Å²) >= 11 is 7.42. The zero-order valence-corrected chi connectivity index (χ0v) is 18.7. The molecule has 0 saturated heterocycles. The second-order valence-electron chi connectivity index (χ2n) is 6.54. The third-order valence-corrected chi connectivity index (χ3v) is 7.09. The van der Waals surface area contributed by atoms with E-state index in [2.05, 4.69) is 14.9 Å². The summed E-state index contributed by atoms with van der Waals surface area (Å²) in [7, 11) is -3.54. The molecule has 160 valence electrons. The summed E-state index contributed by atoms with van der Waals surface area (Å²) in [6.07, 6.45) is 1.62. The van der Waals surface area contributed by atoms with E-state index >= 15 is 0 Å². The molecule has 0 radical (unpaired) electrons. The van der Waals surface area contributed by atoms with Crippen molar-refractivity contribution in [2.75, 3.05) is 12.3 Å². The Hall–Kier alpha value is -2.59. The van der Waals surface area contributed by atoms with Gasteiger partial charge in [0.1, 0.15) is 5.76 Å². The lowest BCUT2D eigenvalue weighted by Gasteiger charge is -2.10. The number of thioether (sulfide) groups is 1. The second-order valence-corrected chi connectivity index (χ2v) is 9.80. The topological polar surface area (TPSA) is 90.0 Å². The molecular weight excluding hydrogens is 456 g/mol. The van der Waals surface area contributed by atoms with Crippen LogP contribution in [0.4, 0.5) is 0 Å². The van der Waals surface area contributed by atoms with E-state index in [1.165, 1.54) is 11.8 Å². The summed E-state index contributed by atoms with van der Waals surface area (Å²) in [5.74, 6) is 1.94. The van der Waals surface area contributed by atoms with Gasteiger partial charge in [0.05, 0.1) is 17.7 Å². The first kappa shape index (κ1) is 21.6. The van der Waals surface area contributed by atoms with Gasteiger partial charge in [-0.15, -0.1) is 10.2 Å². The third-order valence-electron chi connectivity index (χ3n) is 4.39. The largest absolute Gasteiger partial charge is 0.467 e. The summed E-state index contributed by atoms with van der Waals surface area (Å²) in [6, 6.07) is 19.4. The van der Waals surface area contributed by atoms with E-state index < -0.39 is 10.0 Å². The van der Waals surface area contributed by atoms with Crippen molar-refractivity contribution in [2.24, 2.45) is 0 Å². The molecule has 1 N–H and O–H groups in total. The monoisotopic (exact) mass is 474 g/mol. The Kier molecular flexibility index (Phi) is 6.77. The molecule has 0 unspecified atom stereocenters. The fraction of sp³-hybridized carbons (Fsp3) is 0.143. The van der Waals surface area contributed by atoms with Crippen LogP contribution in [-0.4, -0.2) is 35.5 Å². The van der Waals surface area contributed by atoms with Gasteiger partial charge in [-0.3, -0.25) is 4.57 Å². The molecule has 31 heavy (non-hydrogen) atoms. The number of nitrogens with one attached hydrogen (secondary N) is 1. The lowest BCUT2D eigenvalue weighted by molar-refractivity contribution is 0.485. The fourth-order valence-electron chi connectivity index (χ4n) is 2.91. The summed E-state index contributed by atoms with van der Waals surface area (Å²) < 4.78 is 34.8. The van der Waals surface area contributed by atoms with Crippen molar-refractivity contribution in [2.45, 2.75) is 16.6 Å². The van der Waals surface area contributed by atoms with E-state index in [4.69, 9.17) is 16.0 Å². The van der Waals surface area contributed by atoms with Crippen LogP contribution < -0.4 is 4.72 Å². The molecule has 2 heterocycles. The number of benzene rings is 2. The molecule has 2 aromatic carbocycles. The number of hydrogen-bond donors (Lipinski definition) is 1. The molecule has 0 atom stereocenters. The minimum atomic E-state index is -3.54. The molecule has 2 aromatic heterocycles. The first-order chi connectivity index (χ1) is 15.0. The Morgan fingerprint density at radius 1 is 1.00 bits per heavy atom. The first-order valence-electron chi connectivity index (χ1n) is 9.42. The van der Waals surface area contributed by atoms with Crippen molar-refractivity contribution < 1.29 is 12.8 Å². The van der Waals surface area contributed by atoms with E-state index in [1.807, 2.05) is 28.8 Å². The number of nitrogens with zero attached hydrogens (tertiary/aromatic N) is 3. The summed E-state index contributed by atoms with van der Waals surface area (Å²) in [4.78, 5) is 0.242. The quantitative estimate of drug-likeness (QED) is 0.287. The zero-order chi connectivity index (χ0) is 21.7. The number of hydrogen-bond acceptors (Lipinski definition) is 6. The van der Waals surface area contributed by atoms with Crippen LogP contribution in [-0.2, 0) is 16.6 Å². The van der Waals surface area contributed by atoms with Crippen molar-refractivity contribution in [1.29, 1.82) is 0 Å². The molecule has 0 aliphatic rings. The smallest absolute Gasteiger partial charge is 0.240 e. The van der Waals surface area contributed by atoms with Gasteiger partial charge in [-0.2, -0.15) is 0 Å². The van der Waals surface area contributed by atoms with Crippen LogP contribution in [0.1, 0.15) is 5.76 Å². The highest BCUT2D eigenvalue weighted by atomic mass is 35.5. The third kappa shape index (κ3) is 5.37. The molecule has 0 aliphatic carbocycles. The van der Waals surface area contributed by atoms with E-state index in [-0.39, 0.29) is 11.4 Å². The normalized spacial score (nSPS) is 11.6. The first-order valence-corrected chi connectivity index (χ1v) is 12.3. The van der Waals surface area contributed by atoms with E-state index in [1.54, 1.807) is 48.7 Å². The standard InChI is InChI=1S/C21H19ClN4O3S2/c22-17-10-8-16(9-11-17)20-24-25-21(26(20)15-18-5-4-13-29-18)30-14-12-23-31(27,28)19-6-2-1-3-7-19/h1-11,13,23H,12,14-15H2. The van der Waals surface area contributed by atoms with E-state index in [0.717, 1.165) is 11.3 Å². The summed E-state index contributed by atoms with van der Waals surface area (Å²) in [5.41, 5.74) is 0.875. The van der Waals surface area contributed by atoms with Crippen molar-refractivity contribution in [3.8, 4) is 11.4 Å². The average molecular weight is 475 g/mol. The number of aromatic nitrogens is 3. The second kappa shape index (κ2) is 9.69. The molecule has 10 heteroatoms. The number of halogens is 1. The Labute approximate surface area is 189 Å². The molecular formula is C21H19ClN4O3S2. The van der Waals surface area contributed by atoms with Crippen molar-refractivity contribution >= 4 is 33.4 Å². The van der Waals surface area contributed by atoms with Crippen LogP contribution >= 0.6 is 23.4 Å². The molecule has 4 aromatic rings. The molecule has 7 nitrogen and oxygen atoms in total. The highest BCUT2D eigenvalue weighted by Gasteiger charge is 2.17. The summed E-state index contributed by atoms with van der Waals surface area (Å²) in [5, 5.41) is 9.96. The molecule has 0 aliphatic heterocycles. The molecule has 0 saturated carbocycles. The minimum absolute atomic E-state index is 0.242. The van der Waals surface area contributed by atoms with Crippen LogP contribution in [0.5, 0.6) is 0 Å². The van der Waals surface area contributed by atoms with Gasteiger partial charge in [0, 0.05) is 22.9 Å². The molecule has 4 rings (SSSR count). The van der Waals surface area contributed by atoms with E-state index in [9.17, 15) is 8.42 Å². The highest BCUT2D eigenvalue weighted by molar-refractivity contribution is 7.99. The van der Waals surface area contributed by atoms with Crippen LogP contribution in [0.3, 0.4) is 0 Å². The van der Waals surface area contributed by atoms with Crippen LogP contribution in [0.2, 0.25) is 5.02 Å². The summed E-state index contributed by atoms with van der Waals surface area (Å²) in [6.45, 7) is 0.710. The van der Waals surface area contributed by atoms with Crippen LogP contribution in [0, 0.1) is 0 Å². The van der Waals surface area contributed by atoms with Crippen LogP contribution in [0.15, 0.2) is 87.5 Å². The van der Waals surface area contributed by atoms with E-state index in [0.29, 0.717) is 28.3 Å². The van der Waals surface area contributed by atoms with Crippen molar-refractivity contribution in [3.63, 3.8) is 0 Å². The van der Waals surface area contributed by atoms with Gasteiger partial charge < -0.3 is 4.42 Å². The minimum Gasteiger partial charge on any atom is -0.467 e. The maximum atomic E-state index is 12.4. The van der Waals surface area contributed by atoms with Gasteiger partial charge in [0.15, 0.2) is 11.0 Å². The average Bonchev–Trinajstić information content (AvgIpc) is 3.43. The number of rotatable bonds is 9. The molecule has 0 fully saturated rings. The fourth-order valence-corrected chi connectivity index (χ4v) is 5.01. The Balaban J connectivity index is 1.48. The lowest BCUT2D eigenvalue weighted by Crippen LogP contribution is -2.26. The Morgan fingerprint density at radius 2 is 1.77 bits per heavy atom. The van der Waals surface area contributed by atoms with Gasteiger partial charge in [-0.1, -0.05) is 41.6 Å². The maximum absolute atomic E-state index is 12.4. The van der Waals surface area contributed by atoms with Gasteiger partial charge in [-0.05, 0) is 48.5 Å². The predicted octanol–water partition coefficient (Wildman–Crippen LogP) is 4.31.